The van der Waals surface area contributed by atoms with Gasteiger partial charge in [0.25, 0.3) is 0 Å². The third kappa shape index (κ3) is 7.83. The molecule has 1 aromatic carbocycles. The number of nitrogens with zero attached hydrogens (tertiary/aromatic N) is 4. The number of aliphatic imine (C=N–C) groups is 1. The number of guanidine groups is 1. The van der Waals surface area contributed by atoms with Crippen molar-refractivity contribution < 1.29 is 0 Å². The summed E-state index contributed by atoms with van der Waals surface area (Å²) in [7, 11) is 0. The molecule has 29 heavy (non-hydrogen) atoms. The van der Waals surface area contributed by atoms with E-state index in [1.165, 1.54) is 5.56 Å². The lowest BCUT2D eigenvalue weighted by atomic mass is 10.2. The third-order valence-electron chi connectivity index (χ3n) is 5.13. The van der Waals surface area contributed by atoms with Crippen molar-refractivity contribution in [2.24, 2.45) is 4.99 Å². The van der Waals surface area contributed by atoms with E-state index in [1.54, 1.807) is 0 Å². The largest absolute Gasteiger partial charge is 0.357 e. The van der Waals surface area contributed by atoms with Crippen LogP contribution in [0.3, 0.4) is 0 Å². The quantitative estimate of drug-likeness (QED) is 0.388. The van der Waals surface area contributed by atoms with E-state index in [4.69, 9.17) is 0 Å². The lowest BCUT2D eigenvalue weighted by Gasteiger charge is -2.34. The van der Waals surface area contributed by atoms with Gasteiger partial charge in [0.2, 0.25) is 0 Å². The second kappa shape index (κ2) is 12.2. The molecule has 1 aliphatic rings. The van der Waals surface area contributed by atoms with Crippen molar-refractivity contribution in [2.75, 3.05) is 45.8 Å². The Balaban J connectivity index is 1.32. The molecule has 2 heterocycles. The number of hydrogen-bond donors (Lipinski definition) is 2. The molecule has 6 nitrogen and oxygen atoms in total. The Morgan fingerprint density at radius 2 is 1.72 bits per heavy atom. The highest BCUT2D eigenvalue weighted by Gasteiger charge is 2.16. The van der Waals surface area contributed by atoms with Gasteiger partial charge in [0.1, 0.15) is 0 Å². The second-order valence-corrected chi connectivity index (χ2v) is 7.40. The van der Waals surface area contributed by atoms with Crippen LogP contribution >= 0.6 is 0 Å². The fraction of sp³-hybridized carbons (Fsp3) is 0.478. The molecule has 0 amide bonds. The SMILES string of the molecule is CCNC(=NCc1ccccn1)NCCCN1CCN(Cc2ccccc2)CC1. The molecule has 2 N–H and O–H groups in total. The van der Waals surface area contributed by atoms with Crippen molar-refractivity contribution in [2.45, 2.75) is 26.4 Å². The Bertz CT molecular complexity index is 711. The smallest absolute Gasteiger partial charge is 0.191 e. The Morgan fingerprint density at radius 3 is 2.45 bits per heavy atom. The molecule has 0 unspecified atom stereocenters. The molecule has 0 atom stereocenters. The topological polar surface area (TPSA) is 55.8 Å². The summed E-state index contributed by atoms with van der Waals surface area (Å²) >= 11 is 0. The minimum absolute atomic E-state index is 0.597. The highest BCUT2D eigenvalue weighted by atomic mass is 15.3. The molecule has 0 spiro atoms. The zero-order valence-corrected chi connectivity index (χ0v) is 17.6. The molecule has 2 aromatic rings. The highest BCUT2D eigenvalue weighted by Crippen LogP contribution is 2.08. The number of pyridine rings is 1. The van der Waals surface area contributed by atoms with E-state index in [-0.39, 0.29) is 0 Å². The molecule has 0 aliphatic carbocycles. The average molecular weight is 395 g/mol. The fourth-order valence-corrected chi connectivity index (χ4v) is 3.52. The van der Waals surface area contributed by atoms with Gasteiger partial charge in [0.15, 0.2) is 5.96 Å². The van der Waals surface area contributed by atoms with Crippen LogP contribution in [0.4, 0.5) is 0 Å². The van der Waals surface area contributed by atoms with Crippen LogP contribution in [-0.2, 0) is 13.1 Å². The second-order valence-electron chi connectivity index (χ2n) is 7.40. The molecule has 1 aliphatic heterocycles. The van der Waals surface area contributed by atoms with Crippen LogP contribution in [0.2, 0.25) is 0 Å². The minimum Gasteiger partial charge on any atom is -0.357 e. The summed E-state index contributed by atoms with van der Waals surface area (Å²) in [5, 5.41) is 6.76. The Hall–Kier alpha value is -2.44. The van der Waals surface area contributed by atoms with E-state index in [0.717, 1.165) is 70.4 Å². The minimum atomic E-state index is 0.597. The van der Waals surface area contributed by atoms with Crippen molar-refractivity contribution >= 4 is 5.96 Å². The summed E-state index contributed by atoms with van der Waals surface area (Å²) in [4.78, 5) is 14.1. The van der Waals surface area contributed by atoms with Gasteiger partial charge in [-0.3, -0.25) is 9.88 Å². The molecular weight excluding hydrogens is 360 g/mol. The summed E-state index contributed by atoms with van der Waals surface area (Å²) in [5.74, 6) is 0.867. The first-order valence-corrected chi connectivity index (χ1v) is 10.7. The standard InChI is InChI=1S/C23H34N6/c1-2-24-23(27-19-22-11-6-7-12-25-22)26-13-8-14-28-15-17-29(18-16-28)20-21-9-4-3-5-10-21/h3-7,9-12H,2,8,13-20H2,1H3,(H2,24,26,27). The molecule has 1 fully saturated rings. The zero-order valence-electron chi connectivity index (χ0n) is 17.6. The van der Waals surface area contributed by atoms with E-state index in [9.17, 15) is 0 Å². The maximum Gasteiger partial charge on any atom is 0.191 e. The van der Waals surface area contributed by atoms with Crippen LogP contribution in [-0.4, -0.2) is 66.6 Å². The van der Waals surface area contributed by atoms with Crippen LogP contribution in [0.15, 0.2) is 59.7 Å². The normalized spacial score (nSPS) is 16.0. The molecule has 156 valence electrons. The zero-order chi connectivity index (χ0) is 20.2. The molecule has 0 saturated carbocycles. The predicted octanol–water partition coefficient (Wildman–Crippen LogP) is 2.34. The summed E-state index contributed by atoms with van der Waals surface area (Å²) in [6, 6.07) is 16.7. The van der Waals surface area contributed by atoms with E-state index in [0.29, 0.717) is 6.54 Å². The average Bonchev–Trinajstić information content (AvgIpc) is 2.77. The van der Waals surface area contributed by atoms with E-state index in [1.807, 2.05) is 24.4 Å². The Labute approximate surface area is 175 Å². The Kier molecular flexibility index (Phi) is 8.94. The first-order valence-electron chi connectivity index (χ1n) is 10.7. The van der Waals surface area contributed by atoms with Crippen molar-refractivity contribution in [3.05, 3.63) is 66.0 Å². The summed E-state index contributed by atoms with van der Waals surface area (Å²) in [5.41, 5.74) is 2.39. The van der Waals surface area contributed by atoms with Crippen molar-refractivity contribution in [1.82, 2.24) is 25.4 Å². The van der Waals surface area contributed by atoms with Gasteiger partial charge in [-0.05, 0) is 37.6 Å². The number of hydrogen-bond acceptors (Lipinski definition) is 4. The number of nitrogens with one attached hydrogen (secondary N) is 2. The van der Waals surface area contributed by atoms with Crippen LogP contribution in [0.1, 0.15) is 24.6 Å². The number of rotatable bonds is 9. The lowest BCUT2D eigenvalue weighted by molar-refractivity contribution is 0.126. The van der Waals surface area contributed by atoms with Gasteiger partial charge in [0, 0.05) is 52.0 Å². The lowest BCUT2D eigenvalue weighted by Crippen LogP contribution is -2.46. The van der Waals surface area contributed by atoms with Crippen LogP contribution in [0.5, 0.6) is 0 Å². The third-order valence-corrected chi connectivity index (χ3v) is 5.13. The molecule has 1 aromatic heterocycles. The van der Waals surface area contributed by atoms with E-state index in [2.05, 4.69) is 67.7 Å². The molecule has 0 radical (unpaired) electrons. The van der Waals surface area contributed by atoms with Gasteiger partial charge in [-0.15, -0.1) is 0 Å². The maximum atomic E-state index is 4.63. The van der Waals surface area contributed by atoms with Gasteiger partial charge >= 0.3 is 0 Å². The molecule has 0 bridgehead atoms. The summed E-state index contributed by atoms with van der Waals surface area (Å²) < 4.78 is 0. The van der Waals surface area contributed by atoms with E-state index < -0.39 is 0 Å². The van der Waals surface area contributed by atoms with Gasteiger partial charge in [-0.25, -0.2) is 4.99 Å². The van der Waals surface area contributed by atoms with Crippen LogP contribution < -0.4 is 10.6 Å². The number of piperazine rings is 1. The monoisotopic (exact) mass is 394 g/mol. The molecule has 6 heteroatoms. The first-order chi connectivity index (χ1) is 14.3. The maximum absolute atomic E-state index is 4.63. The predicted molar refractivity (Wildman–Crippen MR) is 120 cm³/mol. The number of benzene rings is 1. The van der Waals surface area contributed by atoms with Gasteiger partial charge < -0.3 is 15.5 Å². The fourth-order valence-electron chi connectivity index (χ4n) is 3.52. The molecular formula is C23H34N6. The van der Waals surface area contributed by atoms with Crippen molar-refractivity contribution in [1.29, 1.82) is 0 Å². The number of aromatic nitrogens is 1. The van der Waals surface area contributed by atoms with Gasteiger partial charge in [0.05, 0.1) is 12.2 Å². The van der Waals surface area contributed by atoms with Crippen molar-refractivity contribution in [3.8, 4) is 0 Å². The van der Waals surface area contributed by atoms with Gasteiger partial charge in [-0.1, -0.05) is 36.4 Å². The van der Waals surface area contributed by atoms with E-state index >= 15 is 0 Å². The first kappa shape index (κ1) is 21.3. The summed E-state index contributed by atoms with van der Waals surface area (Å²) in [6.07, 6.45) is 2.93. The van der Waals surface area contributed by atoms with Crippen LogP contribution in [0, 0.1) is 0 Å². The summed E-state index contributed by atoms with van der Waals surface area (Å²) in [6.45, 7) is 11.3. The van der Waals surface area contributed by atoms with Crippen LogP contribution in [0.25, 0.3) is 0 Å². The van der Waals surface area contributed by atoms with Crippen molar-refractivity contribution in [3.63, 3.8) is 0 Å². The highest BCUT2D eigenvalue weighted by molar-refractivity contribution is 5.79. The Morgan fingerprint density at radius 1 is 0.966 bits per heavy atom. The molecule has 1 saturated heterocycles. The molecule has 3 rings (SSSR count). The van der Waals surface area contributed by atoms with Gasteiger partial charge in [-0.2, -0.15) is 0 Å².